The van der Waals surface area contributed by atoms with Crippen LogP contribution in [-0.4, -0.2) is 11.5 Å². The molecular weight excluding hydrogens is 328 g/mol. The topological polar surface area (TPSA) is 17.1 Å². The standard InChI is InChI=1S/C14H13BrOS2/c1-9-3-4-12(10(2)7-9)17-8-11(16)13-5-6-14(15)18-13/h3-7H,8H2,1-2H3. The molecule has 1 aromatic heterocycles. The lowest BCUT2D eigenvalue weighted by Crippen LogP contribution is -1.99. The lowest BCUT2D eigenvalue weighted by Gasteiger charge is -2.05. The molecule has 2 rings (SSSR count). The van der Waals surface area contributed by atoms with E-state index in [1.165, 1.54) is 27.4 Å². The van der Waals surface area contributed by atoms with Crippen LogP contribution in [0.5, 0.6) is 0 Å². The second kappa shape index (κ2) is 6.04. The van der Waals surface area contributed by atoms with Gasteiger partial charge in [-0.05, 0) is 53.5 Å². The third-order valence-corrected chi connectivity index (χ3v) is 5.38. The number of rotatable bonds is 4. The zero-order valence-corrected chi connectivity index (χ0v) is 13.4. The van der Waals surface area contributed by atoms with Crippen LogP contribution in [0.1, 0.15) is 20.8 Å². The van der Waals surface area contributed by atoms with Crippen LogP contribution in [0.4, 0.5) is 0 Å². The molecule has 0 fully saturated rings. The largest absolute Gasteiger partial charge is 0.292 e. The van der Waals surface area contributed by atoms with E-state index in [4.69, 9.17) is 0 Å². The first-order valence-electron chi connectivity index (χ1n) is 5.55. The molecule has 0 aliphatic heterocycles. The maximum atomic E-state index is 12.0. The Morgan fingerprint density at radius 1 is 1.28 bits per heavy atom. The summed E-state index contributed by atoms with van der Waals surface area (Å²) < 4.78 is 1.00. The van der Waals surface area contributed by atoms with E-state index in [-0.39, 0.29) is 5.78 Å². The predicted molar refractivity (Wildman–Crippen MR) is 83.0 cm³/mol. The quantitative estimate of drug-likeness (QED) is 0.568. The van der Waals surface area contributed by atoms with Crippen molar-refractivity contribution in [2.24, 2.45) is 0 Å². The lowest BCUT2D eigenvalue weighted by molar-refractivity contribution is 0.102. The van der Waals surface area contributed by atoms with Crippen molar-refractivity contribution in [3.05, 3.63) is 50.1 Å². The van der Waals surface area contributed by atoms with Gasteiger partial charge in [0.25, 0.3) is 0 Å². The van der Waals surface area contributed by atoms with Crippen molar-refractivity contribution < 1.29 is 4.79 Å². The van der Waals surface area contributed by atoms with Crippen LogP contribution in [-0.2, 0) is 0 Å². The molecule has 2 aromatic rings. The molecule has 0 radical (unpaired) electrons. The molecule has 0 aliphatic carbocycles. The minimum atomic E-state index is 0.190. The van der Waals surface area contributed by atoms with E-state index in [2.05, 4.69) is 48.0 Å². The second-order valence-electron chi connectivity index (χ2n) is 4.08. The van der Waals surface area contributed by atoms with Crippen LogP contribution >= 0.6 is 39.0 Å². The van der Waals surface area contributed by atoms with Gasteiger partial charge in [0.05, 0.1) is 14.4 Å². The number of benzene rings is 1. The number of aryl methyl sites for hydroxylation is 2. The van der Waals surface area contributed by atoms with Crippen molar-refractivity contribution in [1.29, 1.82) is 0 Å². The zero-order valence-electron chi connectivity index (χ0n) is 10.2. The molecule has 1 nitrogen and oxygen atoms in total. The summed E-state index contributed by atoms with van der Waals surface area (Å²) in [6.45, 7) is 4.16. The fourth-order valence-corrected chi connectivity index (χ4v) is 3.95. The van der Waals surface area contributed by atoms with Crippen molar-refractivity contribution in [2.75, 3.05) is 5.75 Å². The minimum Gasteiger partial charge on any atom is -0.292 e. The van der Waals surface area contributed by atoms with Gasteiger partial charge >= 0.3 is 0 Å². The highest BCUT2D eigenvalue weighted by molar-refractivity contribution is 9.11. The Morgan fingerprint density at radius 2 is 2.06 bits per heavy atom. The van der Waals surface area contributed by atoms with Crippen LogP contribution < -0.4 is 0 Å². The fourth-order valence-electron chi connectivity index (χ4n) is 1.64. The molecule has 18 heavy (non-hydrogen) atoms. The van der Waals surface area contributed by atoms with Crippen molar-refractivity contribution >= 4 is 44.8 Å². The molecule has 1 aromatic carbocycles. The van der Waals surface area contributed by atoms with Gasteiger partial charge in [-0.25, -0.2) is 0 Å². The van der Waals surface area contributed by atoms with Gasteiger partial charge < -0.3 is 0 Å². The lowest BCUT2D eigenvalue weighted by atomic mass is 10.2. The molecule has 0 aliphatic rings. The van der Waals surface area contributed by atoms with Crippen LogP contribution in [0.2, 0.25) is 0 Å². The van der Waals surface area contributed by atoms with Gasteiger partial charge in [0.15, 0.2) is 5.78 Å². The number of Topliss-reactive ketones (excluding diaryl/α,β-unsaturated/α-hetero) is 1. The maximum absolute atomic E-state index is 12.0. The number of carbonyl (C=O) groups is 1. The van der Waals surface area contributed by atoms with Crippen LogP contribution in [0.25, 0.3) is 0 Å². The molecule has 0 amide bonds. The smallest absolute Gasteiger partial charge is 0.183 e. The summed E-state index contributed by atoms with van der Waals surface area (Å²) in [4.78, 5) is 14.0. The molecule has 0 saturated heterocycles. The van der Waals surface area contributed by atoms with Gasteiger partial charge in [-0.1, -0.05) is 17.7 Å². The predicted octanol–water partition coefficient (Wildman–Crippen LogP) is 5.10. The summed E-state index contributed by atoms with van der Waals surface area (Å²) in [5.74, 6) is 0.687. The molecule has 0 spiro atoms. The SMILES string of the molecule is Cc1ccc(SCC(=O)c2ccc(Br)s2)c(C)c1. The Balaban J connectivity index is 2.01. The van der Waals surface area contributed by atoms with Gasteiger partial charge in [0.2, 0.25) is 0 Å². The van der Waals surface area contributed by atoms with E-state index in [9.17, 15) is 4.79 Å². The van der Waals surface area contributed by atoms with Gasteiger partial charge in [-0.15, -0.1) is 23.1 Å². The monoisotopic (exact) mass is 340 g/mol. The molecule has 94 valence electrons. The van der Waals surface area contributed by atoms with Crippen LogP contribution in [0.15, 0.2) is 39.0 Å². The average Bonchev–Trinajstić information content (AvgIpc) is 2.74. The second-order valence-corrected chi connectivity index (χ2v) is 7.56. The number of thioether (sulfide) groups is 1. The first-order chi connectivity index (χ1) is 8.56. The van der Waals surface area contributed by atoms with Gasteiger partial charge in [-0.2, -0.15) is 0 Å². The molecule has 0 unspecified atom stereocenters. The maximum Gasteiger partial charge on any atom is 0.183 e. The zero-order chi connectivity index (χ0) is 13.1. The van der Waals surface area contributed by atoms with Gasteiger partial charge in [-0.3, -0.25) is 4.79 Å². The third kappa shape index (κ3) is 3.46. The van der Waals surface area contributed by atoms with Crippen molar-refractivity contribution in [3.8, 4) is 0 Å². The Labute approximate surface area is 124 Å². The summed E-state index contributed by atoms with van der Waals surface area (Å²) in [6, 6.07) is 10.1. The van der Waals surface area contributed by atoms with Gasteiger partial charge in [0.1, 0.15) is 0 Å². The molecule has 1 heterocycles. The number of carbonyl (C=O) groups excluding carboxylic acids is 1. The average molecular weight is 341 g/mol. The highest BCUT2D eigenvalue weighted by Gasteiger charge is 2.10. The first-order valence-corrected chi connectivity index (χ1v) is 8.14. The van der Waals surface area contributed by atoms with E-state index < -0.39 is 0 Å². The van der Waals surface area contributed by atoms with E-state index >= 15 is 0 Å². The minimum absolute atomic E-state index is 0.190. The van der Waals surface area contributed by atoms with E-state index in [1.807, 2.05) is 12.1 Å². The van der Waals surface area contributed by atoms with Crippen molar-refractivity contribution in [2.45, 2.75) is 18.7 Å². The Kier molecular flexibility index (Phi) is 4.65. The number of hydrogen-bond donors (Lipinski definition) is 0. The highest BCUT2D eigenvalue weighted by atomic mass is 79.9. The van der Waals surface area contributed by atoms with Gasteiger partial charge in [0, 0.05) is 4.90 Å². The molecule has 4 heteroatoms. The molecular formula is C14H13BrOS2. The van der Waals surface area contributed by atoms with E-state index in [1.54, 1.807) is 11.8 Å². The van der Waals surface area contributed by atoms with Crippen molar-refractivity contribution in [1.82, 2.24) is 0 Å². The fraction of sp³-hybridized carbons (Fsp3) is 0.214. The number of halogens is 1. The summed E-state index contributed by atoms with van der Waals surface area (Å²) >= 11 is 6.48. The molecule has 0 atom stereocenters. The first kappa shape index (κ1) is 13.8. The summed E-state index contributed by atoms with van der Waals surface area (Å²) in [7, 11) is 0. The molecule has 0 saturated carbocycles. The summed E-state index contributed by atoms with van der Waals surface area (Å²) in [6.07, 6.45) is 0. The highest BCUT2D eigenvalue weighted by Crippen LogP contribution is 2.27. The van der Waals surface area contributed by atoms with E-state index in [0.717, 1.165) is 8.66 Å². The summed E-state index contributed by atoms with van der Waals surface area (Å²) in [5.41, 5.74) is 2.49. The number of hydrogen-bond acceptors (Lipinski definition) is 3. The Hall–Kier alpha value is -0.580. The normalized spacial score (nSPS) is 10.6. The molecule has 0 N–H and O–H groups in total. The number of ketones is 1. The van der Waals surface area contributed by atoms with Crippen LogP contribution in [0, 0.1) is 13.8 Å². The van der Waals surface area contributed by atoms with Crippen molar-refractivity contribution in [3.63, 3.8) is 0 Å². The Bertz CT molecular complexity index is 575. The summed E-state index contributed by atoms with van der Waals surface area (Å²) in [5, 5.41) is 0. The van der Waals surface area contributed by atoms with Crippen LogP contribution in [0.3, 0.4) is 0 Å². The Morgan fingerprint density at radius 3 is 2.67 bits per heavy atom. The third-order valence-electron chi connectivity index (χ3n) is 2.54. The molecule has 0 bridgehead atoms. The number of thiophene rings is 1. The van der Waals surface area contributed by atoms with E-state index in [0.29, 0.717) is 5.75 Å².